The maximum atomic E-state index is 11.7. The molecule has 0 heterocycles. The van der Waals surface area contributed by atoms with Crippen molar-refractivity contribution in [1.29, 1.82) is 5.26 Å². The van der Waals surface area contributed by atoms with Gasteiger partial charge in [0.25, 0.3) is 0 Å². The zero-order chi connectivity index (χ0) is 15.5. The van der Waals surface area contributed by atoms with E-state index >= 15 is 0 Å². The molecule has 21 heavy (non-hydrogen) atoms. The Labute approximate surface area is 123 Å². The number of nitriles is 1. The minimum atomic E-state index is -0.817. The molecule has 6 heteroatoms. The van der Waals surface area contributed by atoms with E-state index in [0.717, 1.165) is 5.56 Å². The van der Waals surface area contributed by atoms with E-state index in [1.807, 2.05) is 36.4 Å². The van der Waals surface area contributed by atoms with Gasteiger partial charge in [-0.05, 0) is 12.0 Å². The van der Waals surface area contributed by atoms with Crippen molar-refractivity contribution < 1.29 is 19.1 Å². The van der Waals surface area contributed by atoms with Crippen molar-refractivity contribution in [1.82, 2.24) is 5.32 Å². The third kappa shape index (κ3) is 6.54. The first kappa shape index (κ1) is 16.7. The molecule has 0 aliphatic rings. The summed E-state index contributed by atoms with van der Waals surface area (Å²) in [5, 5.41) is 11.0. The molecule has 0 unspecified atom stereocenters. The number of rotatable bonds is 8. The first-order valence-corrected chi connectivity index (χ1v) is 6.53. The standard InChI is InChI=1S/C15H18N2O4/c1-20-15(19)13(8-5-9-16)17-14(18)11-21-10-12-6-3-2-4-7-12/h2-4,6-7,13H,5,8,10-11H2,1H3,(H,17,18)/t13-/m0/s1. The van der Waals surface area contributed by atoms with Crippen LogP contribution in [0.4, 0.5) is 0 Å². The molecular formula is C15H18N2O4. The van der Waals surface area contributed by atoms with Crippen LogP contribution in [0.15, 0.2) is 30.3 Å². The predicted octanol–water partition coefficient (Wildman–Crippen LogP) is 1.16. The molecule has 6 nitrogen and oxygen atoms in total. The Morgan fingerprint density at radius 2 is 2.05 bits per heavy atom. The summed E-state index contributed by atoms with van der Waals surface area (Å²) in [5.74, 6) is -0.985. The van der Waals surface area contributed by atoms with E-state index < -0.39 is 17.9 Å². The molecule has 1 aromatic rings. The van der Waals surface area contributed by atoms with Gasteiger partial charge in [-0.3, -0.25) is 4.79 Å². The lowest BCUT2D eigenvalue weighted by Gasteiger charge is -2.15. The number of hydrogen-bond donors (Lipinski definition) is 1. The third-order valence-corrected chi connectivity index (χ3v) is 2.71. The Bertz CT molecular complexity index is 496. The molecule has 1 aromatic carbocycles. The molecule has 1 atom stereocenters. The van der Waals surface area contributed by atoms with E-state index in [1.165, 1.54) is 7.11 Å². The Balaban J connectivity index is 2.36. The molecule has 0 radical (unpaired) electrons. The van der Waals surface area contributed by atoms with Gasteiger partial charge in [-0.15, -0.1) is 0 Å². The van der Waals surface area contributed by atoms with Crippen LogP contribution in [0.2, 0.25) is 0 Å². The lowest BCUT2D eigenvalue weighted by Crippen LogP contribution is -2.43. The van der Waals surface area contributed by atoms with E-state index in [1.54, 1.807) is 0 Å². The normalized spacial score (nSPS) is 11.2. The van der Waals surface area contributed by atoms with Crippen molar-refractivity contribution in [3.63, 3.8) is 0 Å². The zero-order valence-corrected chi connectivity index (χ0v) is 11.9. The number of esters is 1. The molecule has 0 spiro atoms. The van der Waals surface area contributed by atoms with Crippen molar-refractivity contribution in [2.75, 3.05) is 13.7 Å². The van der Waals surface area contributed by atoms with Crippen LogP contribution in [0.25, 0.3) is 0 Å². The summed E-state index contributed by atoms with van der Waals surface area (Å²) in [6.07, 6.45) is 0.374. The first-order chi connectivity index (χ1) is 10.2. The minimum Gasteiger partial charge on any atom is -0.467 e. The Hall–Kier alpha value is -2.39. The molecule has 112 valence electrons. The molecule has 0 saturated carbocycles. The highest BCUT2D eigenvalue weighted by Gasteiger charge is 2.20. The summed E-state index contributed by atoms with van der Waals surface area (Å²) in [4.78, 5) is 23.2. The molecule has 0 bridgehead atoms. The number of carbonyl (C=O) groups is 2. The molecule has 0 aromatic heterocycles. The van der Waals surface area contributed by atoms with Crippen LogP contribution in [0.3, 0.4) is 0 Å². The van der Waals surface area contributed by atoms with Gasteiger partial charge in [-0.1, -0.05) is 30.3 Å². The van der Waals surface area contributed by atoms with E-state index in [2.05, 4.69) is 10.1 Å². The molecule has 0 fully saturated rings. The van der Waals surface area contributed by atoms with Crippen molar-refractivity contribution in [3.8, 4) is 6.07 Å². The van der Waals surface area contributed by atoms with Gasteiger partial charge < -0.3 is 14.8 Å². The largest absolute Gasteiger partial charge is 0.467 e. The highest BCUT2D eigenvalue weighted by atomic mass is 16.5. The van der Waals surface area contributed by atoms with Gasteiger partial charge in [-0.25, -0.2) is 4.79 Å². The quantitative estimate of drug-likeness (QED) is 0.726. The number of nitrogens with one attached hydrogen (secondary N) is 1. The number of methoxy groups -OCH3 is 1. The van der Waals surface area contributed by atoms with E-state index in [-0.39, 0.29) is 19.4 Å². The second kappa shape index (κ2) is 9.50. The lowest BCUT2D eigenvalue weighted by atomic mass is 10.1. The van der Waals surface area contributed by atoms with Crippen molar-refractivity contribution in [2.45, 2.75) is 25.5 Å². The van der Waals surface area contributed by atoms with Crippen LogP contribution in [0.5, 0.6) is 0 Å². The van der Waals surface area contributed by atoms with E-state index in [9.17, 15) is 9.59 Å². The highest BCUT2D eigenvalue weighted by molar-refractivity contribution is 5.85. The summed E-state index contributed by atoms with van der Waals surface area (Å²) in [7, 11) is 1.24. The van der Waals surface area contributed by atoms with Crippen LogP contribution < -0.4 is 5.32 Å². The first-order valence-electron chi connectivity index (χ1n) is 6.53. The molecular weight excluding hydrogens is 272 g/mol. The predicted molar refractivity (Wildman–Crippen MR) is 74.9 cm³/mol. The minimum absolute atomic E-state index is 0.158. The summed E-state index contributed by atoms with van der Waals surface area (Å²) in [6, 6.07) is 10.6. The second-order valence-corrected chi connectivity index (χ2v) is 4.32. The molecule has 1 rings (SSSR count). The summed E-state index contributed by atoms with van der Waals surface area (Å²) in [6.45, 7) is 0.157. The SMILES string of the molecule is COC(=O)[C@H](CCC#N)NC(=O)COCc1ccccc1. The fraction of sp³-hybridized carbons (Fsp3) is 0.400. The fourth-order valence-corrected chi connectivity index (χ4v) is 1.67. The number of benzene rings is 1. The molecule has 0 saturated heterocycles. The third-order valence-electron chi connectivity index (χ3n) is 2.71. The maximum Gasteiger partial charge on any atom is 0.328 e. The Morgan fingerprint density at radius 1 is 1.33 bits per heavy atom. The van der Waals surface area contributed by atoms with Crippen LogP contribution in [0, 0.1) is 11.3 Å². The molecule has 0 aliphatic heterocycles. The smallest absolute Gasteiger partial charge is 0.328 e. The number of nitrogens with zero attached hydrogens (tertiary/aromatic N) is 1. The van der Waals surface area contributed by atoms with Crippen LogP contribution in [-0.4, -0.2) is 31.6 Å². The summed E-state index contributed by atoms with van der Waals surface area (Å²) in [5.41, 5.74) is 0.958. The van der Waals surface area contributed by atoms with Gasteiger partial charge in [0.1, 0.15) is 12.6 Å². The number of ether oxygens (including phenoxy) is 2. The van der Waals surface area contributed by atoms with Gasteiger partial charge >= 0.3 is 5.97 Å². The Kier molecular flexibility index (Phi) is 7.54. The van der Waals surface area contributed by atoms with E-state index in [4.69, 9.17) is 10.00 Å². The Morgan fingerprint density at radius 3 is 2.67 bits per heavy atom. The molecule has 1 amide bonds. The summed E-state index contributed by atoms with van der Waals surface area (Å²) >= 11 is 0. The monoisotopic (exact) mass is 290 g/mol. The number of carbonyl (C=O) groups excluding carboxylic acids is 2. The van der Waals surface area contributed by atoms with Gasteiger partial charge in [0.2, 0.25) is 5.91 Å². The number of hydrogen-bond acceptors (Lipinski definition) is 5. The lowest BCUT2D eigenvalue weighted by molar-refractivity contribution is -0.145. The van der Waals surface area contributed by atoms with Crippen LogP contribution in [-0.2, 0) is 25.7 Å². The van der Waals surface area contributed by atoms with Gasteiger partial charge in [0, 0.05) is 6.42 Å². The van der Waals surface area contributed by atoms with Gasteiger partial charge in [0.15, 0.2) is 0 Å². The van der Waals surface area contributed by atoms with Crippen molar-refractivity contribution in [2.24, 2.45) is 0 Å². The average molecular weight is 290 g/mol. The topological polar surface area (TPSA) is 88.4 Å². The highest BCUT2D eigenvalue weighted by Crippen LogP contribution is 2.01. The van der Waals surface area contributed by atoms with Gasteiger partial charge in [0.05, 0.1) is 19.8 Å². The molecule has 1 N–H and O–H groups in total. The molecule has 0 aliphatic carbocycles. The van der Waals surface area contributed by atoms with Gasteiger partial charge in [-0.2, -0.15) is 5.26 Å². The second-order valence-electron chi connectivity index (χ2n) is 4.32. The summed E-state index contributed by atoms with van der Waals surface area (Å²) < 4.78 is 9.85. The zero-order valence-electron chi connectivity index (χ0n) is 11.9. The van der Waals surface area contributed by atoms with Crippen LogP contribution in [0.1, 0.15) is 18.4 Å². The fourth-order valence-electron chi connectivity index (χ4n) is 1.67. The van der Waals surface area contributed by atoms with E-state index in [0.29, 0.717) is 6.61 Å². The maximum absolute atomic E-state index is 11.7. The average Bonchev–Trinajstić information content (AvgIpc) is 2.51. The van der Waals surface area contributed by atoms with Crippen molar-refractivity contribution >= 4 is 11.9 Å². The van der Waals surface area contributed by atoms with Crippen LogP contribution >= 0.6 is 0 Å². The number of amides is 1. The van der Waals surface area contributed by atoms with Crippen molar-refractivity contribution in [3.05, 3.63) is 35.9 Å².